The predicted octanol–water partition coefficient (Wildman–Crippen LogP) is 3.36. The Labute approximate surface area is 108 Å². The highest BCUT2D eigenvalue weighted by Gasteiger charge is 2.10. The molecule has 1 atom stereocenters. The molecule has 2 heteroatoms. The highest BCUT2D eigenvalue weighted by Crippen LogP contribution is 2.12. The molecular weight excluding hydrogens is 222 g/mol. The summed E-state index contributed by atoms with van der Waals surface area (Å²) in [7, 11) is 0. The minimum Gasteiger partial charge on any atom is -0.346 e. The molecule has 2 nitrogen and oxygen atoms in total. The fourth-order valence-electron chi connectivity index (χ4n) is 1.76. The van der Waals surface area contributed by atoms with E-state index in [0.29, 0.717) is 5.56 Å². The average molecular weight is 238 g/mol. The average Bonchev–Trinajstić information content (AvgIpc) is 2.40. The summed E-state index contributed by atoms with van der Waals surface area (Å²) in [5.74, 6) is -0.0636. The molecule has 0 fully saturated rings. The molecule has 2 aromatic rings. The summed E-state index contributed by atoms with van der Waals surface area (Å²) >= 11 is 0. The van der Waals surface area contributed by atoms with Gasteiger partial charge in [0.2, 0.25) is 0 Å². The number of amides is 1. The predicted molar refractivity (Wildman–Crippen MR) is 73.2 cm³/mol. The van der Waals surface area contributed by atoms with Crippen molar-refractivity contribution in [1.82, 2.24) is 5.32 Å². The molecule has 91 valence electrons. The van der Waals surface area contributed by atoms with Crippen molar-refractivity contribution >= 4 is 5.91 Å². The molecule has 1 N–H and O–H groups in total. The van der Waals surface area contributed by atoms with Crippen molar-refractivity contribution in [2.45, 2.75) is 13.0 Å². The minimum absolute atomic E-state index is 0.00173. The first-order valence-electron chi connectivity index (χ1n) is 5.94. The Morgan fingerprint density at radius 3 is 2.28 bits per heavy atom. The number of nitrogens with one attached hydrogen (secondary N) is 1. The molecule has 0 spiro atoms. The first-order valence-corrected chi connectivity index (χ1v) is 5.94. The molecule has 0 aliphatic rings. The van der Waals surface area contributed by atoms with E-state index in [4.69, 9.17) is 0 Å². The van der Waals surface area contributed by atoms with Crippen molar-refractivity contribution in [2.24, 2.45) is 0 Å². The van der Waals surface area contributed by atoms with Crippen LogP contribution in [0.15, 0.2) is 54.6 Å². The fourth-order valence-corrected chi connectivity index (χ4v) is 1.76. The maximum Gasteiger partial charge on any atom is 0.251 e. The van der Waals surface area contributed by atoms with E-state index in [-0.39, 0.29) is 11.9 Å². The lowest BCUT2D eigenvalue weighted by Crippen LogP contribution is -2.26. The zero-order valence-corrected chi connectivity index (χ0v) is 10.4. The molecule has 0 heterocycles. The van der Waals surface area contributed by atoms with Gasteiger partial charge in [-0.25, -0.2) is 0 Å². The zero-order chi connectivity index (χ0) is 13.0. The van der Waals surface area contributed by atoms with Gasteiger partial charge in [0, 0.05) is 5.56 Å². The first-order chi connectivity index (χ1) is 8.66. The Morgan fingerprint density at radius 2 is 1.67 bits per heavy atom. The molecular formula is C16H16NO. The second-order valence-electron chi connectivity index (χ2n) is 4.30. The summed E-state index contributed by atoms with van der Waals surface area (Å²) < 4.78 is 0. The third kappa shape index (κ3) is 2.98. The summed E-state index contributed by atoms with van der Waals surface area (Å²) in [6, 6.07) is 17.2. The van der Waals surface area contributed by atoms with Crippen LogP contribution in [0, 0.1) is 6.92 Å². The van der Waals surface area contributed by atoms with Gasteiger partial charge in [0.05, 0.1) is 6.04 Å². The Hall–Kier alpha value is -2.09. The molecule has 0 bridgehead atoms. The van der Waals surface area contributed by atoms with E-state index in [0.717, 1.165) is 11.1 Å². The van der Waals surface area contributed by atoms with E-state index in [1.54, 1.807) is 12.1 Å². The Kier molecular flexibility index (Phi) is 3.78. The SMILES string of the molecule is [CH2]c1ccc(C(=O)NC(C)c2ccccc2)cc1. The monoisotopic (exact) mass is 238 g/mol. The minimum atomic E-state index is -0.0636. The molecule has 0 aliphatic carbocycles. The highest BCUT2D eigenvalue weighted by molar-refractivity contribution is 5.94. The topological polar surface area (TPSA) is 29.1 Å². The van der Waals surface area contributed by atoms with Crippen molar-refractivity contribution in [1.29, 1.82) is 0 Å². The smallest absolute Gasteiger partial charge is 0.251 e. The first kappa shape index (κ1) is 12.4. The van der Waals surface area contributed by atoms with Gasteiger partial charge in [0.15, 0.2) is 0 Å². The summed E-state index contributed by atoms with van der Waals surface area (Å²) in [4.78, 5) is 12.0. The lowest BCUT2D eigenvalue weighted by molar-refractivity contribution is 0.0940. The maximum absolute atomic E-state index is 12.0. The van der Waals surface area contributed by atoms with Gasteiger partial charge in [0.25, 0.3) is 5.91 Å². The molecule has 0 aliphatic heterocycles. The standard InChI is InChI=1S/C16H16NO/c1-12-8-10-15(11-9-12)16(18)17-13(2)14-6-4-3-5-7-14/h3-11,13H,1H2,2H3,(H,17,18). The molecule has 1 radical (unpaired) electrons. The largest absolute Gasteiger partial charge is 0.346 e. The van der Waals surface area contributed by atoms with Gasteiger partial charge < -0.3 is 5.32 Å². The molecule has 1 amide bonds. The van der Waals surface area contributed by atoms with Crippen LogP contribution in [-0.2, 0) is 0 Å². The van der Waals surface area contributed by atoms with Gasteiger partial charge in [-0.1, -0.05) is 42.5 Å². The molecule has 0 saturated heterocycles. The lowest BCUT2D eigenvalue weighted by atomic mass is 10.1. The van der Waals surface area contributed by atoms with Crippen LogP contribution in [0.5, 0.6) is 0 Å². The molecule has 2 aromatic carbocycles. The van der Waals surface area contributed by atoms with Gasteiger partial charge in [0.1, 0.15) is 0 Å². The van der Waals surface area contributed by atoms with Crippen molar-refractivity contribution in [3.63, 3.8) is 0 Å². The van der Waals surface area contributed by atoms with E-state index in [9.17, 15) is 4.79 Å². The number of benzene rings is 2. The lowest BCUT2D eigenvalue weighted by Gasteiger charge is -2.14. The maximum atomic E-state index is 12.0. The molecule has 2 rings (SSSR count). The van der Waals surface area contributed by atoms with Crippen molar-refractivity contribution in [3.05, 3.63) is 78.2 Å². The number of rotatable bonds is 3. The van der Waals surface area contributed by atoms with Crippen molar-refractivity contribution in [2.75, 3.05) is 0 Å². The van der Waals surface area contributed by atoms with E-state index < -0.39 is 0 Å². The van der Waals surface area contributed by atoms with Crippen LogP contribution >= 0.6 is 0 Å². The van der Waals surface area contributed by atoms with E-state index in [1.807, 2.05) is 49.4 Å². The normalized spacial score (nSPS) is 11.9. The van der Waals surface area contributed by atoms with Crippen LogP contribution in [0.2, 0.25) is 0 Å². The van der Waals surface area contributed by atoms with Crippen molar-refractivity contribution in [3.8, 4) is 0 Å². The number of hydrogen-bond donors (Lipinski definition) is 1. The Balaban J connectivity index is 2.06. The van der Waals surface area contributed by atoms with E-state index in [1.165, 1.54) is 0 Å². The van der Waals surface area contributed by atoms with Gasteiger partial charge in [-0.15, -0.1) is 0 Å². The Morgan fingerprint density at radius 1 is 1.06 bits per heavy atom. The third-order valence-corrected chi connectivity index (χ3v) is 2.86. The number of carbonyl (C=O) groups is 1. The Bertz CT molecular complexity index is 517. The summed E-state index contributed by atoms with van der Waals surface area (Å²) in [5.41, 5.74) is 2.66. The fraction of sp³-hybridized carbons (Fsp3) is 0.125. The van der Waals surface area contributed by atoms with Crippen LogP contribution in [-0.4, -0.2) is 5.91 Å². The third-order valence-electron chi connectivity index (χ3n) is 2.86. The van der Waals surface area contributed by atoms with Crippen LogP contribution in [0.25, 0.3) is 0 Å². The van der Waals surface area contributed by atoms with Crippen LogP contribution in [0.4, 0.5) is 0 Å². The summed E-state index contributed by atoms with van der Waals surface area (Å²) in [6.07, 6.45) is 0. The molecule has 18 heavy (non-hydrogen) atoms. The second kappa shape index (κ2) is 5.50. The van der Waals surface area contributed by atoms with Gasteiger partial charge in [-0.3, -0.25) is 4.79 Å². The van der Waals surface area contributed by atoms with Crippen molar-refractivity contribution < 1.29 is 4.79 Å². The van der Waals surface area contributed by atoms with E-state index in [2.05, 4.69) is 12.2 Å². The zero-order valence-electron chi connectivity index (χ0n) is 10.4. The van der Waals surface area contributed by atoms with Gasteiger partial charge >= 0.3 is 0 Å². The van der Waals surface area contributed by atoms with Gasteiger partial charge in [-0.2, -0.15) is 0 Å². The second-order valence-corrected chi connectivity index (χ2v) is 4.30. The highest BCUT2D eigenvalue weighted by atomic mass is 16.1. The summed E-state index contributed by atoms with van der Waals surface area (Å²) in [6.45, 7) is 5.77. The quantitative estimate of drug-likeness (QED) is 0.872. The number of carbonyl (C=O) groups excluding carboxylic acids is 1. The van der Waals surface area contributed by atoms with E-state index >= 15 is 0 Å². The molecule has 0 aromatic heterocycles. The molecule has 1 unspecified atom stereocenters. The number of hydrogen-bond acceptors (Lipinski definition) is 1. The molecule has 0 saturated carbocycles. The van der Waals surface area contributed by atoms with Crippen LogP contribution in [0.3, 0.4) is 0 Å². The van der Waals surface area contributed by atoms with Crippen LogP contribution in [0.1, 0.15) is 34.5 Å². The van der Waals surface area contributed by atoms with Crippen LogP contribution < -0.4 is 5.32 Å². The summed E-state index contributed by atoms with van der Waals surface area (Å²) in [5, 5.41) is 2.97. The van der Waals surface area contributed by atoms with Gasteiger partial charge in [-0.05, 0) is 37.1 Å².